The molecule has 4 aromatic heterocycles. The lowest BCUT2D eigenvalue weighted by Crippen LogP contribution is -1.96. The predicted molar refractivity (Wildman–Crippen MR) is 328 cm³/mol. The monoisotopic (exact) mass is 1020 g/mol. The molecule has 0 unspecified atom stereocenters. The van der Waals surface area contributed by atoms with Crippen molar-refractivity contribution in [3.05, 3.63) is 291 Å². The summed E-state index contributed by atoms with van der Waals surface area (Å²) in [5, 5.41) is 2.23. The van der Waals surface area contributed by atoms with Crippen LogP contribution >= 0.6 is 0 Å². The molecule has 0 spiro atoms. The average molecular weight is 1020 g/mol. The van der Waals surface area contributed by atoms with Crippen LogP contribution in [-0.2, 0) is 0 Å². The van der Waals surface area contributed by atoms with E-state index in [1.165, 1.54) is 0 Å². The summed E-state index contributed by atoms with van der Waals surface area (Å²) in [5.41, 5.74) is 22.4. The normalized spacial score (nSPS) is 11.2. The van der Waals surface area contributed by atoms with Crippen LogP contribution in [0.25, 0.3) is 145 Å². The Morgan fingerprint density at radius 3 is 0.775 bits per heavy atom. The van der Waals surface area contributed by atoms with Gasteiger partial charge in [0.1, 0.15) is 0 Å². The zero-order chi connectivity index (χ0) is 53.2. The number of hydrogen-bond acceptors (Lipinski definition) is 6. The molecule has 0 aliphatic carbocycles. The molecule has 0 radical (unpaired) electrons. The Bertz CT molecular complexity index is 4200. The van der Waals surface area contributed by atoms with E-state index in [1.807, 2.05) is 36.7 Å². The quantitative estimate of drug-likeness (QED) is 0.128. The zero-order valence-corrected chi connectivity index (χ0v) is 43.4. The number of benzene rings is 10. The lowest BCUT2D eigenvalue weighted by molar-refractivity contribution is 1.18. The van der Waals surface area contributed by atoms with Crippen molar-refractivity contribution < 1.29 is 0 Å². The van der Waals surface area contributed by atoms with Gasteiger partial charge in [-0.1, -0.05) is 255 Å². The Balaban J connectivity index is 0.781. The molecular formula is C74H48N6. The molecule has 0 saturated heterocycles. The molecule has 6 nitrogen and oxygen atoms in total. The van der Waals surface area contributed by atoms with Crippen molar-refractivity contribution in [2.24, 2.45) is 0 Å². The number of pyridine rings is 2. The minimum atomic E-state index is 0.662. The second-order valence-electron chi connectivity index (χ2n) is 19.9. The van der Waals surface area contributed by atoms with Crippen molar-refractivity contribution in [3.63, 3.8) is 0 Å². The first kappa shape index (κ1) is 47.6. The van der Waals surface area contributed by atoms with E-state index in [-0.39, 0.29) is 0 Å². The van der Waals surface area contributed by atoms with Crippen LogP contribution in [0.1, 0.15) is 0 Å². The maximum Gasteiger partial charge on any atom is 0.160 e. The highest BCUT2D eigenvalue weighted by molar-refractivity contribution is 5.95. The van der Waals surface area contributed by atoms with E-state index in [0.29, 0.717) is 11.6 Å². The summed E-state index contributed by atoms with van der Waals surface area (Å²) >= 11 is 0. The van der Waals surface area contributed by atoms with Gasteiger partial charge >= 0.3 is 0 Å². The molecule has 0 N–H and O–H groups in total. The third kappa shape index (κ3) is 9.59. The fourth-order valence-corrected chi connectivity index (χ4v) is 10.6. The molecule has 0 amide bonds. The minimum absolute atomic E-state index is 0.662. The molecule has 14 rings (SSSR count). The van der Waals surface area contributed by atoms with Crippen LogP contribution in [0.15, 0.2) is 291 Å². The molecule has 0 atom stereocenters. The smallest absolute Gasteiger partial charge is 0.160 e. The van der Waals surface area contributed by atoms with Crippen molar-refractivity contribution in [1.29, 1.82) is 0 Å². The number of fused-ring (bicyclic) bond motifs is 2. The van der Waals surface area contributed by atoms with E-state index >= 15 is 0 Å². The van der Waals surface area contributed by atoms with E-state index in [1.54, 1.807) is 0 Å². The molecular weight excluding hydrogens is 973 g/mol. The first-order valence-corrected chi connectivity index (χ1v) is 26.8. The molecule has 80 heavy (non-hydrogen) atoms. The molecule has 14 aromatic rings. The standard InChI is InChI=1S/C74H48N6/c1-3-11-49(12-4-1)51-25-41-63(42-26-51)73-77-67(47-69(79-73)59-37-29-55(30-38-59)65-19-7-15-61-17-9-45-75-71(61)65)57-33-21-53(22-34-57)54-23-35-58(36-24-54)68-48-70(80-74(78-68)64-43-27-52(28-44-64)50-13-5-2-6-14-50)60-39-31-56(32-40-60)66-20-8-16-62-18-10-46-76-72(62)66/h1-48H. The second-order valence-corrected chi connectivity index (χ2v) is 19.9. The van der Waals surface area contributed by atoms with E-state index < -0.39 is 0 Å². The third-order valence-corrected chi connectivity index (χ3v) is 14.9. The van der Waals surface area contributed by atoms with Crippen molar-refractivity contribution in [3.8, 4) is 123 Å². The number of hydrogen-bond donors (Lipinski definition) is 0. The van der Waals surface area contributed by atoms with Gasteiger partial charge < -0.3 is 0 Å². The summed E-state index contributed by atoms with van der Waals surface area (Å²) < 4.78 is 0. The van der Waals surface area contributed by atoms with Gasteiger partial charge in [0.25, 0.3) is 0 Å². The topological polar surface area (TPSA) is 77.3 Å². The van der Waals surface area contributed by atoms with E-state index in [0.717, 1.165) is 134 Å². The lowest BCUT2D eigenvalue weighted by atomic mass is 9.98. The number of para-hydroxylation sites is 2. The maximum atomic E-state index is 5.22. The Kier molecular flexibility index (Phi) is 12.5. The molecule has 6 heteroatoms. The zero-order valence-electron chi connectivity index (χ0n) is 43.4. The van der Waals surface area contributed by atoms with Gasteiger partial charge in [-0.25, -0.2) is 19.9 Å². The molecule has 10 aromatic carbocycles. The summed E-state index contributed by atoms with van der Waals surface area (Å²) in [6.45, 7) is 0. The lowest BCUT2D eigenvalue weighted by Gasteiger charge is -2.12. The van der Waals surface area contributed by atoms with Gasteiger partial charge in [-0.3, -0.25) is 9.97 Å². The SMILES string of the molecule is c1ccc(-c2ccc(-c3nc(-c4ccc(-c5ccc(-c6cc(-c7ccc(-c8cccc9cccnc89)cc7)nc(-c7ccc(-c8ccccc8)cc7)n6)cc5)cc4)cc(-c4ccc(-c5cccc6cccnc56)cc4)n3)cc2)cc1. The molecule has 4 heterocycles. The van der Waals surface area contributed by atoms with Crippen LogP contribution in [0.4, 0.5) is 0 Å². The fraction of sp³-hybridized carbons (Fsp3) is 0. The van der Waals surface area contributed by atoms with Gasteiger partial charge in [0.15, 0.2) is 11.6 Å². The molecule has 0 bridgehead atoms. The summed E-state index contributed by atoms with van der Waals surface area (Å²) in [5.74, 6) is 1.32. The van der Waals surface area contributed by atoms with Gasteiger partial charge in [-0.2, -0.15) is 0 Å². The van der Waals surface area contributed by atoms with Crippen molar-refractivity contribution in [2.75, 3.05) is 0 Å². The van der Waals surface area contributed by atoms with Crippen LogP contribution in [-0.4, -0.2) is 29.9 Å². The van der Waals surface area contributed by atoms with Crippen molar-refractivity contribution in [2.45, 2.75) is 0 Å². The van der Waals surface area contributed by atoms with Crippen LogP contribution in [0, 0.1) is 0 Å². The van der Waals surface area contributed by atoms with Gasteiger partial charge in [0, 0.05) is 67.7 Å². The van der Waals surface area contributed by atoms with Gasteiger partial charge in [-0.05, 0) is 68.8 Å². The second kappa shape index (κ2) is 21.0. The largest absolute Gasteiger partial charge is 0.256 e. The first-order chi connectivity index (χ1) is 39.6. The average Bonchev–Trinajstić information content (AvgIpc) is 3.57. The molecule has 0 aliphatic heterocycles. The number of nitrogens with zero attached hydrogens (tertiary/aromatic N) is 6. The number of aromatic nitrogens is 6. The van der Waals surface area contributed by atoms with Gasteiger partial charge in [0.2, 0.25) is 0 Å². The number of rotatable bonds is 11. The predicted octanol–water partition coefficient (Wildman–Crippen LogP) is 18.7. The highest BCUT2D eigenvalue weighted by Crippen LogP contribution is 2.36. The highest BCUT2D eigenvalue weighted by atomic mass is 14.9. The molecule has 0 fully saturated rings. The Morgan fingerprint density at radius 2 is 0.450 bits per heavy atom. The summed E-state index contributed by atoms with van der Waals surface area (Å²) in [6, 6.07) is 97.4. The Hall–Kier alpha value is -10.8. The first-order valence-electron chi connectivity index (χ1n) is 26.8. The summed E-state index contributed by atoms with van der Waals surface area (Å²) in [6.07, 6.45) is 3.70. The van der Waals surface area contributed by atoms with Crippen molar-refractivity contribution >= 4 is 21.8 Å². The maximum absolute atomic E-state index is 5.22. The van der Waals surface area contributed by atoms with E-state index in [2.05, 4.69) is 255 Å². The van der Waals surface area contributed by atoms with Crippen molar-refractivity contribution in [1.82, 2.24) is 29.9 Å². The minimum Gasteiger partial charge on any atom is -0.256 e. The Labute approximate surface area is 464 Å². The summed E-state index contributed by atoms with van der Waals surface area (Å²) in [7, 11) is 0. The summed E-state index contributed by atoms with van der Waals surface area (Å²) in [4.78, 5) is 30.3. The third-order valence-electron chi connectivity index (χ3n) is 14.9. The molecule has 0 saturated carbocycles. The molecule has 374 valence electrons. The highest BCUT2D eigenvalue weighted by Gasteiger charge is 2.16. The fourth-order valence-electron chi connectivity index (χ4n) is 10.6. The van der Waals surface area contributed by atoms with E-state index in [4.69, 9.17) is 29.9 Å². The van der Waals surface area contributed by atoms with Gasteiger partial charge in [0.05, 0.1) is 33.8 Å². The van der Waals surface area contributed by atoms with Crippen LogP contribution < -0.4 is 0 Å². The Morgan fingerprint density at radius 1 is 0.188 bits per heavy atom. The van der Waals surface area contributed by atoms with E-state index in [9.17, 15) is 0 Å². The molecule has 0 aliphatic rings. The van der Waals surface area contributed by atoms with Crippen LogP contribution in [0.2, 0.25) is 0 Å². The van der Waals surface area contributed by atoms with Crippen LogP contribution in [0.3, 0.4) is 0 Å². The van der Waals surface area contributed by atoms with Gasteiger partial charge in [-0.15, -0.1) is 0 Å². The van der Waals surface area contributed by atoms with Crippen LogP contribution in [0.5, 0.6) is 0 Å².